The molecule has 0 bridgehead atoms. The highest BCUT2D eigenvalue weighted by Crippen LogP contribution is 2.28. The zero-order valence-electron chi connectivity index (χ0n) is 9.11. The van der Waals surface area contributed by atoms with Gasteiger partial charge in [-0.05, 0) is 19.8 Å². The minimum absolute atomic E-state index is 0.197. The Kier molecular flexibility index (Phi) is 3.72. The van der Waals surface area contributed by atoms with Gasteiger partial charge in [0, 0.05) is 30.4 Å². The van der Waals surface area contributed by atoms with Crippen LogP contribution in [0.1, 0.15) is 36.4 Å². The van der Waals surface area contributed by atoms with Gasteiger partial charge in [0.25, 0.3) is 0 Å². The topological polar surface area (TPSA) is 48.1 Å². The molecule has 0 spiro atoms. The van der Waals surface area contributed by atoms with Gasteiger partial charge in [-0.15, -0.1) is 11.3 Å². The molecule has 0 amide bonds. The van der Waals surface area contributed by atoms with Gasteiger partial charge in [-0.1, -0.05) is 0 Å². The van der Waals surface area contributed by atoms with E-state index in [1.54, 1.807) is 11.3 Å². The van der Waals surface area contributed by atoms with E-state index >= 15 is 0 Å². The van der Waals surface area contributed by atoms with Crippen LogP contribution in [0.2, 0.25) is 0 Å². The quantitative estimate of drug-likeness (QED) is 0.856. The second kappa shape index (κ2) is 5.05. The third kappa shape index (κ3) is 3.00. The van der Waals surface area contributed by atoms with Gasteiger partial charge in [0.1, 0.15) is 0 Å². The molecule has 1 aromatic rings. The average Bonchev–Trinajstić information content (AvgIpc) is 2.67. The van der Waals surface area contributed by atoms with E-state index in [1.165, 1.54) is 11.4 Å². The summed E-state index contributed by atoms with van der Waals surface area (Å²) in [6, 6.07) is 0.197. The van der Waals surface area contributed by atoms with Gasteiger partial charge in [0.15, 0.2) is 0 Å². The molecule has 1 aromatic heterocycles. The number of nitrogens with two attached hydrogens (primary N) is 1. The Morgan fingerprint density at radius 2 is 2.60 bits per heavy atom. The van der Waals surface area contributed by atoms with E-state index in [-0.39, 0.29) is 6.04 Å². The van der Waals surface area contributed by atoms with Crippen molar-refractivity contribution in [2.45, 2.75) is 38.1 Å². The molecule has 2 N–H and O–H groups in total. The largest absolute Gasteiger partial charge is 0.381 e. The van der Waals surface area contributed by atoms with Crippen LogP contribution in [-0.2, 0) is 11.2 Å². The monoisotopic (exact) mass is 226 g/mol. The minimum Gasteiger partial charge on any atom is -0.381 e. The Morgan fingerprint density at radius 3 is 3.27 bits per heavy atom. The molecule has 0 aliphatic carbocycles. The molecule has 2 rings (SSSR count). The second-order valence-corrected chi connectivity index (χ2v) is 5.16. The smallest absolute Gasteiger partial charge is 0.0982 e. The molecule has 2 heterocycles. The van der Waals surface area contributed by atoms with Crippen molar-refractivity contribution in [3.8, 4) is 0 Å². The molecule has 0 aromatic carbocycles. The third-order valence-electron chi connectivity index (χ3n) is 2.61. The number of nitrogens with zero attached hydrogens (tertiary/aromatic N) is 1. The van der Waals surface area contributed by atoms with Crippen LogP contribution in [0.15, 0.2) is 5.38 Å². The number of hydrogen-bond donors (Lipinski definition) is 1. The van der Waals surface area contributed by atoms with Crippen molar-refractivity contribution in [2.75, 3.05) is 13.2 Å². The fourth-order valence-electron chi connectivity index (χ4n) is 1.87. The number of ether oxygens (including phenoxy) is 1. The van der Waals surface area contributed by atoms with E-state index in [4.69, 9.17) is 10.5 Å². The van der Waals surface area contributed by atoms with Crippen LogP contribution < -0.4 is 5.73 Å². The van der Waals surface area contributed by atoms with Crippen molar-refractivity contribution in [1.29, 1.82) is 0 Å². The van der Waals surface area contributed by atoms with Gasteiger partial charge in [-0.2, -0.15) is 0 Å². The highest BCUT2D eigenvalue weighted by Gasteiger charge is 2.19. The summed E-state index contributed by atoms with van der Waals surface area (Å²) in [5.41, 5.74) is 6.89. The van der Waals surface area contributed by atoms with Gasteiger partial charge < -0.3 is 10.5 Å². The van der Waals surface area contributed by atoms with E-state index in [1.807, 2.05) is 6.92 Å². The third-order valence-corrected chi connectivity index (χ3v) is 3.67. The summed E-state index contributed by atoms with van der Waals surface area (Å²) in [4.78, 5) is 4.63. The molecule has 4 heteroatoms. The van der Waals surface area contributed by atoms with Crippen LogP contribution >= 0.6 is 11.3 Å². The van der Waals surface area contributed by atoms with E-state index in [0.29, 0.717) is 5.92 Å². The number of rotatable bonds is 3. The Hall–Kier alpha value is -0.450. The molecule has 15 heavy (non-hydrogen) atoms. The van der Waals surface area contributed by atoms with Gasteiger partial charge in [-0.3, -0.25) is 0 Å². The molecule has 2 atom stereocenters. The maximum Gasteiger partial charge on any atom is 0.0982 e. The highest BCUT2D eigenvalue weighted by molar-refractivity contribution is 7.09. The molecule has 1 fully saturated rings. The molecule has 1 aliphatic rings. The molecule has 1 aliphatic heterocycles. The molecule has 3 nitrogen and oxygen atoms in total. The first kappa shape index (κ1) is 11.0. The first-order valence-corrected chi connectivity index (χ1v) is 6.41. The van der Waals surface area contributed by atoms with Gasteiger partial charge in [0.2, 0.25) is 0 Å². The molecule has 84 valence electrons. The number of aromatic nitrogens is 1. The SMILES string of the molecule is CC(N)Cc1csc(C2CCCOC2)n1. The van der Waals surface area contributed by atoms with E-state index in [9.17, 15) is 0 Å². The Labute approximate surface area is 94.7 Å². The number of thiazole rings is 1. The van der Waals surface area contributed by atoms with Crippen molar-refractivity contribution < 1.29 is 4.74 Å². The Morgan fingerprint density at radius 1 is 1.73 bits per heavy atom. The van der Waals surface area contributed by atoms with E-state index in [0.717, 1.165) is 31.7 Å². The summed E-state index contributed by atoms with van der Waals surface area (Å²) in [6.45, 7) is 3.77. The maximum atomic E-state index is 5.75. The van der Waals surface area contributed by atoms with Crippen molar-refractivity contribution >= 4 is 11.3 Å². The van der Waals surface area contributed by atoms with Crippen LogP contribution in [0.5, 0.6) is 0 Å². The van der Waals surface area contributed by atoms with Crippen molar-refractivity contribution in [1.82, 2.24) is 4.98 Å². The summed E-state index contributed by atoms with van der Waals surface area (Å²) >= 11 is 1.75. The molecule has 0 saturated carbocycles. The Bertz CT molecular complexity index is 305. The zero-order chi connectivity index (χ0) is 10.7. The van der Waals surface area contributed by atoms with Crippen molar-refractivity contribution in [3.05, 3.63) is 16.1 Å². The predicted molar refractivity (Wildman–Crippen MR) is 62.3 cm³/mol. The minimum atomic E-state index is 0.197. The average molecular weight is 226 g/mol. The van der Waals surface area contributed by atoms with Crippen LogP contribution in [0.3, 0.4) is 0 Å². The lowest BCUT2D eigenvalue weighted by atomic mass is 10.0. The first-order valence-electron chi connectivity index (χ1n) is 5.53. The lowest BCUT2D eigenvalue weighted by Crippen LogP contribution is -2.18. The predicted octanol–water partition coefficient (Wildman–Crippen LogP) is 1.93. The standard InChI is InChI=1S/C11H18N2OS/c1-8(12)5-10-7-15-11(13-10)9-3-2-4-14-6-9/h7-9H,2-6,12H2,1H3. The lowest BCUT2D eigenvalue weighted by Gasteiger charge is -2.19. The number of hydrogen-bond acceptors (Lipinski definition) is 4. The molecule has 0 radical (unpaired) electrons. The summed E-state index contributed by atoms with van der Waals surface area (Å²) in [5, 5.41) is 3.36. The zero-order valence-corrected chi connectivity index (χ0v) is 9.93. The van der Waals surface area contributed by atoms with Gasteiger partial charge in [-0.25, -0.2) is 4.98 Å². The fraction of sp³-hybridized carbons (Fsp3) is 0.727. The first-order chi connectivity index (χ1) is 7.25. The maximum absolute atomic E-state index is 5.75. The molecule has 1 saturated heterocycles. The molecular formula is C11H18N2OS. The van der Waals surface area contributed by atoms with Gasteiger partial charge in [0.05, 0.1) is 17.3 Å². The van der Waals surface area contributed by atoms with Crippen LogP contribution in [-0.4, -0.2) is 24.2 Å². The fourth-order valence-corrected chi connectivity index (χ4v) is 2.82. The Balaban J connectivity index is 1.99. The lowest BCUT2D eigenvalue weighted by molar-refractivity contribution is 0.0803. The van der Waals surface area contributed by atoms with Gasteiger partial charge >= 0.3 is 0 Å². The summed E-state index contributed by atoms with van der Waals surface area (Å²) < 4.78 is 5.47. The summed E-state index contributed by atoms with van der Waals surface area (Å²) in [7, 11) is 0. The second-order valence-electron chi connectivity index (χ2n) is 4.27. The normalized spacial score (nSPS) is 24.0. The van der Waals surface area contributed by atoms with Crippen LogP contribution in [0.25, 0.3) is 0 Å². The van der Waals surface area contributed by atoms with Crippen molar-refractivity contribution in [3.63, 3.8) is 0 Å². The van der Waals surface area contributed by atoms with Crippen LogP contribution in [0.4, 0.5) is 0 Å². The molecule has 2 unspecified atom stereocenters. The summed E-state index contributed by atoms with van der Waals surface area (Å²) in [5.74, 6) is 0.519. The van der Waals surface area contributed by atoms with Crippen molar-refractivity contribution in [2.24, 2.45) is 5.73 Å². The van der Waals surface area contributed by atoms with E-state index < -0.39 is 0 Å². The van der Waals surface area contributed by atoms with Crippen LogP contribution in [0, 0.1) is 0 Å². The highest BCUT2D eigenvalue weighted by atomic mass is 32.1. The van der Waals surface area contributed by atoms with E-state index in [2.05, 4.69) is 10.4 Å². The molecular weight excluding hydrogens is 208 g/mol. The summed E-state index contributed by atoms with van der Waals surface area (Å²) in [6.07, 6.45) is 3.25.